The van der Waals surface area contributed by atoms with E-state index in [4.69, 9.17) is 21.7 Å². The average molecular weight is 446 g/mol. The molecule has 3 heterocycles. The van der Waals surface area contributed by atoms with Crippen molar-refractivity contribution in [1.29, 1.82) is 5.41 Å². The van der Waals surface area contributed by atoms with E-state index in [1.165, 1.54) is 0 Å². The summed E-state index contributed by atoms with van der Waals surface area (Å²) in [6.07, 6.45) is 3.95. The van der Waals surface area contributed by atoms with Crippen LogP contribution in [-0.4, -0.2) is 60.8 Å². The van der Waals surface area contributed by atoms with Crippen LogP contribution in [-0.2, 0) is 16.1 Å². The second kappa shape index (κ2) is 10.7. The summed E-state index contributed by atoms with van der Waals surface area (Å²) in [5.74, 6) is 1.31. The number of amides is 1. The number of pyridine rings is 1. The number of hydrogen-bond donors (Lipinski definition) is 3. The number of rotatable bonds is 8. The number of aromatic nitrogens is 1. The summed E-state index contributed by atoms with van der Waals surface area (Å²) < 4.78 is 6.91. The number of halogens is 2. The quantitative estimate of drug-likeness (QED) is 0.536. The summed E-state index contributed by atoms with van der Waals surface area (Å²) in [5.41, 5.74) is -0.468. The van der Waals surface area contributed by atoms with Crippen LogP contribution in [0.15, 0.2) is 12.1 Å². The van der Waals surface area contributed by atoms with Gasteiger partial charge in [-0.05, 0) is 56.8 Å². The van der Waals surface area contributed by atoms with Crippen molar-refractivity contribution < 1.29 is 9.53 Å². The van der Waals surface area contributed by atoms with Crippen LogP contribution in [0.4, 0.5) is 5.82 Å². The number of anilines is 1. The van der Waals surface area contributed by atoms with E-state index >= 15 is 0 Å². The number of carbonyl (C=O) groups excluding carboxylic acids is 1. The Morgan fingerprint density at radius 1 is 1.41 bits per heavy atom. The van der Waals surface area contributed by atoms with Crippen LogP contribution in [0.2, 0.25) is 5.02 Å². The van der Waals surface area contributed by atoms with Crippen LogP contribution >= 0.6 is 24.0 Å². The highest BCUT2D eigenvalue weighted by molar-refractivity contribution is 6.30. The van der Waals surface area contributed by atoms with Crippen molar-refractivity contribution in [3.8, 4) is 0 Å². The molecule has 3 N–H and O–H groups in total. The van der Waals surface area contributed by atoms with Crippen LogP contribution in [0.1, 0.15) is 32.6 Å². The van der Waals surface area contributed by atoms with E-state index in [0.717, 1.165) is 51.3 Å². The van der Waals surface area contributed by atoms with Crippen LogP contribution in [0.25, 0.3) is 0 Å². The topological polar surface area (TPSA) is 82.4 Å². The van der Waals surface area contributed by atoms with Gasteiger partial charge in [0, 0.05) is 26.8 Å². The number of ether oxygens (including phenoxy) is 1. The van der Waals surface area contributed by atoms with E-state index in [2.05, 4.69) is 15.5 Å². The molecule has 9 heteroatoms. The van der Waals surface area contributed by atoms with Gasteiger partial charge >= 0.3 is 0 Å². The molecule has 0 aromatic carbocycles. The summed E-state index contributed by atoms with van der Waals surface area (Å²) in [6.45, 7) is 7.22. The fourth-order valence-electron chi connectivity index (χ4n) is 4.14. The van der Waals surface area contributed by atoms with Gasteiger partial charge in [-0.25, -0.2) is 0 Å². The molecule has 1 unspecified atom stereocenters. The second-order valence-corrected chi connectivity index (χ2v) is 8.31. The van der Waals surface area contributed by atoms with E-state index < -0.39 is 5.54 Å². The van der Waals surface area contributed by atoms with Gasteiger partial charge in [0.05, 0.1) is 11.6 Å². The summed E-state index contributed by atoms with van der Waals surface area (Å²) in [7, 11) is 1.74. The molecule has 29 heavy (non-hydrogen) atoms. The van der Waals surface area contributed by atoms with Gasteiger partial charge in [-0.3, -0.25) is 10.2 Å². The highest BCUT2D eigenvalue weighted by Gasteiger charge is 2.42. The zero-order valence-corrected chi connectivity index (χ0v) is 18.9. The highest BCUT2D eigenvalue weighted by Crippen LogP contribution is 2.29. The van der Waals surface area contributed by atoms with Crippen molar-refractivity contribution in [3.63, 3.8) is 0 Å². The molecule has 1 amide bonds. The van der Waals surface area contributed by atoms with Crippen LogP contribution in [0.3, 0.4) is 0 Å². The first-order valence-corrected chi connectivity index (χ1v) is 10.6. The van der Waals surface area contributed by atoms with Gasteiger partial charge in [-0.1, -0.05) is 18.5 Å². The molecular formula is C20H33Cl2N5O2. The normalized spacial score (nSPS) is 21.9. The maximum absolute atomic E-state index is 13.0. The molecule has 2 aliphatic rings. The van der Waals surface area contributed by atoms with Crippen LogP contribution in [0.5, 0.6) is 0 Å². The summed E-state index contributed by atoms with van der Waals surface area (Å²) in [4.78, 5) is 15.5. The third-order valence-corrected chi connectivity index (χ3v) is 6.39. The molecule has 0 radical (unpaired) electrons. The predicted octanol–water partition coefficient (Wildman–Crippen LogP) is 2.48. The van der Waals surface area contributed by atoms with E-state index in [0.29, 0.717) is 30.5 Å². The molecule has 1 fully saturated rings. The molecule has 164 valence electrons. The minimum atomic E-state index is -0.714. The molecule has 7 nitrogen and oxygen atoms in total. The highest BCUT2D eigenvalue weighted by atomic mass is 35.5. The molecular weight excluding hydrogens is 413 g/mol. The standard InChI is InChI=1S/C20H32ClN5O2.ClH/c1-3-20(14-26-17(24-20)6-5-16(21)18(26)22)19(27)23-13-15-7-10-25(11-8-15)9-4-12-28-2;/h5-6,15,22,24H,3-4,7-14H2,1-2H3,(H,23,27);1H. The lowest BCUT2D eigenvalue weighted by Crippen LogP contribution is -2.53. The molecule has 3 rings (SSSR count). The Kier molecular flexibility index (Phi) is 8.82. The second-order valence-electron chi connectivity index (χ2n) is 7.90. The van der Waals surface area contributed by atoms with Crippen molar-refractivity contribution >= 4 is 35.7 Å². The Bertz CT molecular complexity index is 749. The molecule has 1 aromatic rings. The zero-order chi connectivity index (χ0) is 20.1. The van der Waals surface area contributed by atoms with Crippen molar-refractivity contribution in [2.75, 3.05) is 45.2 Å². The van der Waals surface area contributed by atoms with E-state index in [1.807, 2.05) is 13.0 Å². The van der Waals surface area contributed by atoms with Crippen molar-refractivity contribution in [1.82, 2.24) is 14.8 Å². The first-order chi connectivity index (χ1) is 13.5. The first-order valence-electron chi connectivity index (χ1n) is 10.2. The first kappa shape index (κ1) is 24.0. The Balaban J connectivity index is 0.00000300. The Morgan fingerprint density at radius 3 is 2.79 bits per heavy atom. The van der Waals surface area contributed by atoms with Crippen LogP contribution in [0, 0.1) is 11.3 Å². The van der Waals surface area contributed by atoms with Gasteiger partial charge in [-0.2, -0.15) is 0 Å². The Labute approximate surface area is 184 Å². The summed E-state index contributed by atoms with van der Waals surface area (Å²) in [5, 5.41) is 15.1. The Morgan fingerprint density at radius 2 is 2.14 bits per heavy atom. The molecule has 0 bridgehead atoms. The van der Waals surface area contributed by atoms with Gasteiger partial charge in [0.2, 0.25) is 5.91 Å². The van der Waals surface area contributed by atoms with Gasteiger partial charge in [0.15, 0.2) is 0 Å². The van der Waals surface area contributed by atoms with Gasteiger partial charge in [0.1, 0.15) is 16.8 Å². The molecule has 0 saturated carbocycles. The predicted molar refractivity (Wildman–Crippen MR) is 118 cm³/mol. The lowest BCUT2D eigenvalue weighted by Gasteiger charge is -2.33. The molecule has 1 atom stereocenters. The summed E-state index contributed by atoms with van der Waals surface area (Å²) in [6, 6.07) is 3.54. The Hall–Kier alpha value is -1.28. The van der Waals surface area contributed by atoms with Gasteiger partial charge in [-0.15, -0.1) is 12.4 Å². The lowest BCUT2D eigenvalue weighted by molar-refractivity contribution is -0.126. The fourth-order valence-corrected chi connectivity index (χ4v) is 4.31. The number of nitrogens with one attached hydrogen (secondary N) is 3. The number of piperidine rings is 1. The third-order valence-electron chi connectivity index (χ3n) is 6.09. The third kappa shape index (κ3) is 5.45. The largest absolute Gasteiger partial charge is 0.385 e. The van der Waals surface area contributed by atoms with Gasteiger partial charge in [0.25, 0.3) is 0 Å². The number of nitrogens with zero attached hydrogens (tertiary/aromatic N) is 2. The smallest absolute Gasteiger partial charge is 0.247 e. The van der Waals surface area contributed by atoms with Crippen LogP contribution < -0.4 is 16.1 Å². The monoisotopic (exact) mass is 445 g/mol. The van der Waals surface area contributed by atoms with E-state index in [9.17, 15) is 4.79 Å². The SMILES string of the molecule is CCC1(C(=O)NCC2CCN(CCCOC)CC2)Cn2c(ccc(Cl)c2=N)N1.Cl. The number of hydrogen-bond acceptors (Lipinski definition) is 5. The fraction of sp³-hybridized carbons (Fsp3) is 0.700. The number of likely N-dealkylation sites (tertiary alicyclic amines) is 1. The minimum Gasteiger partial charge on any atom is -0.385 e. The van der Waals surface area contributed by atoms with E-state index in [1.54, 1.807) is 17.7 Å². The number of carbonyl (C=O) groups is 1. The minimum absolute atomic E-state index is 0. The van der Waals surface area contributed by atoms with Crippen molar-refractivity contribution in [2.24, 2.45) is 5.92 Å². The molecule has 1 aromatic heterocycles. The van der Waals surface area contributed by atoms with Crippen molar-refractivity contribution in [3.05, 3.63) is 22.6 Å². The molecule has 1 saturated heterocycles. The molecule has 0 spiro atoms. The molecule has 2 aliphatic heterocycles. The van der Waals surface area contributed by atoms with E-state index in [-0.39, 0.29) is 23.8 Å². The number of methoxy groups -OCH3 is 1. The summed E-state index contributed by atoms with van der Waals surface area (Å²) >= 11 is 6.08. The zero-order valence-electron chi connectivity index (χ0n) is 17.3. The lowest BCUT2D eigenvalue weighted by atomic mass is 9.93. The maximum Gasteiger partial charge on any atom is 0.247 e. The number of fused-ring (bicyclic) bond motifs is 1. The molecule has 0 aliphatic carbocycles. The average Bonchev–Trinajstić information content (AvgIpc) is 3.11. The van der Waals surface area contributed by atoms with Gasteiger partial charge < -0.3 is 24.8 Å². The van der Waals surface area contributed by atoms with Crippen molar-refractivity contribution in [2.45, 2.75) is 44.7 Å². The maximum atomic E-state index is 13.0.